The highest BCUT2D eigenvalue weighted by Gasteiger charge is 2.28. The quantitative estimate of drug-likeness (QED) is 0.850. The number of hydrogen-bond acceptors (Lipinski definition) is 4. The van der Waals surface area contributed by atoms with Crippen LogP contribution >= 0.6 is 11.3 Å². The molecule has 2 heterocycles. The molecule has 0 aliphatic rings. The van der Waals surface area contributed by atoms with Gasteiger partial charge in [-0.05, 0) is 11.4 Å². The van der Waals surface area contributed by atoms with Crippen LogP contribution in [0.3, 0.4) is 0 Å². The van der Waals surface area contributed by atoms with Crippen molar-refractivity contribution in [3.8, 4) is 10.6 Å². The van der Waals surface area contributed by atoms with E-state index < -0.39 is 10.0 Å². The minimum Gasteiger partial charge on any atom is -0.274 e. The van der Waals surface area contributed by atoms with E-state index in [9.17, 15) is 8.42 Å². The second-order valence-corrected chi connectivity index (χ2v) is 6.94. The van der Waals surface area contributed by atoms with Gasteiger partial charge in [0.25, 0.3) is 0 Å². The van der Waals surface area contributed by atoms with Crippen LogP contribution in [0, 0.1) is 0 Å². The van der Waals surface area contributed by atoms with E-state index >= 15 is 0 Å². The smallest absolute Gasteiger partial charge is 0.246 e. The SMILES string of the molecule is CCN(CC)S(=O)(=O)c1cn(C)nc1-c1cccs1. The molecule has 2 rings (SSSR count). The zero-order chi connectivity index (χ0) is 14.0. The highest BCUT2D eigenvalue weighted by Crippen LogP contribution is 2.30. The molecule has 2 aromatic rings. The normalized spacial score (nSPS) is 12.2. The fraction of sp³-hybridized carbons (Fsp3) is 0.417. The van der Waals surface area contributed by atoms with Gasteiger partial charge in [0, 0.05) is 26.3 Å². The molecule has 0 fully saturated rings. The summed E-state index contributed by atoms with van der Waals surface area (Å²) in [5, 5.41) is 6.21. The van der Waals surface area contributed by atoms with Crippen molar-refractivity contribution in [3.05, 3.63) is 23.7 Å². The third-order valence-corrected chi connectivity index (χ3v) is 5.80. The Kier molecular flexibility index (Phi) is 4.07. The molecule has 19 heavy (non-hydrogen) atoms. The number of sulfonamides is 1. The predicted molar refractivity (Wildman–Crippen MR) is 76.6 cm³/mol. The lowest BCUT2D eigenvalue weighted by Crippen LogP contribution is -2.30. The minimum atomic E-state index is -3.48. The molecule has 0 radical (unpaired) electrons. The summed E-state index contributed by atoms with van der Waals surface area (Å²) in [4.78, 5) is 1.15. The van der Waals surface area contributed by atoms with Crippen molar-refractivity contribution < 1.29 is 8.42 Å². The van der Waals surface area contributed by atoms with Crippen molar-refractivity contribution in [1.29, 1.82) is 0 Å². The van der Waals surface area contributed by atoms with E-state index in [1.807, 2.05) is 31.4 Å². The Morgan fingerprint density at radius 3 is 2.58 bits per heavy atom. The average molecular weight is 299 g/mol. The first kappa shape index (κ1) is 14.2. The highest BCUT2D eigenvalue weighted by atomic mass is 32.2. The monoisotopic (exact) mass is 299 g/mol. The fourth-order valence-electron chi connectivity index (χ4n) is 1.94. The maximum atomic E-state index is 12.6. The number of aromatic nitrogens is 2. The molecule has 0 N–H and O–H groups in total. The van der Waals surface area contributed by atoms with Crippen LogP contribution in [-0.2, 0) is 17.1 Å². The van der Waals surface area contributed by atoms with Gasteiger partial charge in [-0.2, -0.15) is 9.40 Å². The lowest BCUT2D eigenvalue weighted by Gasteiger charge is -2.17. The van der Waals surface area contributed by atoms with E-state index in [4.69, 9.17) is 0 Å². The van der Waals surface area contributed by atoms with Crippen LogP contribution < -0.4 is 0 Å². The largest absolute Gasteiger partial charge is 0.274 e. The lowest BCUT2D eigenvalue weighted by molar-refractivity contribution is 0.445. The van der Waals surface area contributed by atoms with Crippen LogP contribution in [0.2, 0.25) is 0 Å². The molecule has 5 nitrogen and oxygen atoms in total. The molecule has 0 atom stereocenters. The predicted octanol–water partition coefficient (Wildman–Crippen LogP) is 2.18. The van der Waals surface area contributed by atoms with Gasteiger partial charge in [0.2, 0.25) is 10.0 Å². The summed E-state index contributed by atoms with van der Waals surface area (Å²) in [5.41, 5.74) is 0.532. The van der Waals surface area contributed by atoms with E-state index in [0.717, 1.165) is 4.88 Å². The molecule has 0 aliphatic carbocycles. The maximum Gasteiger partial charge on any atom is 0.246 e. The summed E-state index contributed by atoms with van der Waals surface area (Å²) in [7, 11) is -1.75. The molecule has 0 aliphatic heterocycles. The molecule has 2 aromatic heterocycles. The molecular weight excluding hydrogens is 282 g/mol. The first-order valence-corrected chi connectivity index (χ1v) is 8.40. The molecular formula is C12H17N3O2S2. The van der Waals surface area contributed by atoms with Crippen molar-refractivity contribution in [2.24, 2.45) is 7.05 Å². The van der Waals surface area contributed by atoms with Gasteiger partial charge in [0.1, 0.15) is 10.6 Å². The maximum absolute atomic E-state index is 12.6. The summed E-state index contributed by atoms with van der Waals surface area (Å²) in [5.74, 6) is 0. The Morgan fingerprint density at radius 1 is 1.37 bits per heavy atom. The van der Waals surface area contributed by atoms with Gasteiger partial charge >= 0.3 is 0 Å². The summed E-state index contributed by atoms with van der Waals surface area (Å²) >= 11 is 1.49. The van der Waals surface area contributed by atoms with E-state index in [2.05, 4.69) is 5.10 Å². The van der Waals surface area contributed by atoms with Crippen molar-refractivity contribution in [2.45, 2.75) is 18.7 Å². The van der Waals surface area contributed by atoms with Crippen LogP contribution in [0.1, 0.15) is 13.8 Å². The topological polar surface area (TPSA) is 55.2 Å². The second kappa shape index (κ2) is 5.44. The molecule has 0 aromatic carbocycles. The van der Waals surface area contributed by atoms with Crippen molar-refractivity contribution in [3.63, 3.8) is 0 Å². The number of aryl methyl sites for hydroxylation is 1. The van der Waals surface area contributed by atoms with Crippen LogP contribution in [0.4, 0.5) is 0 Å². The van der Waals surface area contributed by atoms with Gasteiger partial charge < -0.3 is 0 Å². The third-order valence-electron chi connectivity index (χ3n) is 2.87. The minimum absolute atomic E-state index is 0.279. The summed E-state index contributed by atoms with van der Waals surface area (Å²) in [6.07, 6.45) is 1.57. The summed E-state index contributed by atoms with van der Waals surface area (Å²) in [6.45, 7) is 4.58. The van der Waals surface area contributed by atoms with Gasteiger partial charge in [-0.3, -0.25) is 4.68 Å². The van der Waals surface area contributed by atoms with Gasteiger partial charge in [-0.15, -0.1) is 11.3 Å². The summed E-state index contributed by atoms with van der Waals surface area (Å²) < 4.78 is 28.2. The van der Waals surface area contributed by atoms with Crippen molar-refractivity contribution in [1.82, 2.24) is 14.1 Å². The Hall–Kier alpha value is -1.18. The Balaban J connectivity index is 2.57. The van der Waals surface area contributed by atoms with Crippen molar-refractivity contribution in [2.75, 3.05) is 13.1 Å². The highest BCUT2D eigenvalue weighted by molar-refractivity contribution is 7.89. The standard InChI is InChI=1S/C12H17N3O2S2/c1-4-15(5-2)19(16,17)11-9-14(3)13-12(11)10-7-6-8-18-10/h6-9H,4-5H2,1-3H3. The first-order chi connectivity index (χ1) is 9.00. The third kappa shape index (κ3) is 2.58. The second-order valence-electron chi connectivity index (χ2n) is 4.08. The molecule has 0 saturated carbocycles. The van der Waals surface area contributed by atoms with Gasteiger partial charge in [-0.25, -0.2) is 8.42 Å². The molecule has 104 valence electrons. The lowest BCUT2D eigenvalue weighted by atomic mass is 10.3. The van der Waals surface area contributed by atoms with E-state index in [0.29, 0.717) is 18.8 Å². The Bertz CT molecular complexity index is 641. The van der Waals surface area contributed by atoms with E-state index in [1.54, 1.807) is 17.9 Å². The van der Waals surface area contributed by atoms with Crippen molar-refractivity contribution >= 4 is 21.4 Å². The number of rotatable bonds is 5. The molecule has 0 spiro atoms. The van der Waals surface area contributed by atoms with Gasteiger partial charge in [-0.1, -0.05) is 19.9 Å². The zero-order valence-electron chi connectivity index (χ0n) is 11.2. The van der Waals surface area contributed by atoms with Crippen LogP contribution in [-0.4, -0.2) is 35.6 Å². The van der Waals surface area contributed by atoms with E-state index in [1.165, 1.54) is 15.6 Å². The molecule has 0 amide bonds. The Labute approximate surface area is 117 Å². The number of thiophene rings is 1. The van der Waals surface area contributed by atoms with Crippen LogP contribution in [0.5, 0.6) is 0 Å². The summed E-state index contributed by atoms with van der Waals surface area (Å²) in [6, 6.07) is 3.77. The average Bonchev–Trinajstić information content (AvgIpc) is 2.98. The number of hydrogen-bond donors (Lipinski definition) is 0. The van der Waals surface area contributed by atoms with Gasteiger partial charge in [0.15, 0.2) is 0 Å². The van der Waals surface area contributed by atoms with Crippen LogP contribution in [0.15, 0.2) is 28.6 Å². The molecule has 0 saturated heterocycles. The Morgan fingerprint density at radius 2 is 2.05 bits per heavy atom. The first-order valence-electron chi connectivity index (χ1n) is 6.08. The fourth-order valence-corrected chi connectivity index (χ4v) is 4.37. The van der Waals surface area contributed by atoms with E-state index in [-0.39, 0.29) is 4.90 Å². The zero-order valence-corrected chi connectivity index (χ0v) is 12.8. The molecule has 0 unspecified atom stereocenters. The van der Waals surface area contributed by atoms with Gasteiger partial charge in [0.05, 0.1) is 4.88 Å². The molecule has 7 heteroatoms. The molecule has 0 bridgehead atoms. The van der Waals surface area contributed by atoms with Crippen LogP contribution in [0.25, 0.3) is 10.6 Å². The number of nitrogens with zero attached hydrogens (tertiary/aromatic N) is 3.